The van der Waals surface area contributed by atoms with Crippen LogP contribution < -0.4 is 5.56 Å². The minimum atomic E-state index is -0.425. The first kappa shape index (κ1) is 17.5. The molecule has 0 radical (unpaired) electrons. The number of aromatic nitrogens is 4. The van der Waals surface area contributed by atoms with Gasteiger partial charge in [0.05, 0.1) is 11.4 Å². The Balaban J connectivity index is 1.58. The number of likely N-dealkylation sites (tertiary alicyclic amines) is 1. The number of halogens is 1. The van der Waals surface area contributed by atoms with Crippen LogP contribution in [0.25, 0.3) is 21.9 Å². The average molecular weight is 397 g/mol. The summed E-state index contributed by atoms with van der Waals surface area (Å²) < 4.78 is 17.7. The Kier molecular flexibility index (Phi) is 4.06. The number of fused-ring (bicyclic) bond motifs is 2. The minimum absolute atomic E-state index is 0.141. The number of thiazole rings is 1. The smallest absolute Gasteiger partial charge is 0.259 e. The van der Waals surface area contributed by atoms with E-state index in [2.05, 4.69) is 21.9 Å². The Morgan fingerprint density at radius 1 is 1.14 bits per heavy atom. The molecular weight excluding hydrogens is 377 g/mol. The second-order valence-electron chi connectivity index (χ2n) is 7.53. The van der Waals surface area contributed by atoms with Gasteiger partial charge in [0.2, 0.25) is 0 Å². The molecule has 4 aromatic rings. The molecule has 0 bridgehead atoms. The summed E-state index contributed by atoms with van der Waals surface area (Å²) >= 11 is 1.56. The van der Waals surface area contributed by atoms with Gasteiger partial charge in [0.15, 0.2) is 16.4 Å². The second-order valence-corrected chi connectivity index (χ2v) is 8.57. The SMILES string of the molecule is Cc1cn2cc(-c3cc(=O)n4cc(C5CCN(C)CC5)sc4n3)cc(F)c2n1. The van der Waals surface area contributed by atoms with Crippen molar-refractivity contribution in [3.8, 4) is 11.3 Å². The summed E-state index contributed by atoms with van der Waals surface area (Å²) in [6.45, 7) is 3.95. The zero-order valence-electron chi connectivity index (χ0n) is 15.7. The third-order valence-electron chi connectivity index (χ3n) is 5.43. The van der Waals surface area contributed by atoms with Crippen molar-refractivity contribution in [1.29, 1.82) is 0 Å². The maximum absolute atomic E-state index is 14.4. The number of hydrogen-bond acceptors (Lipinski definition) is 5. The van der Waals surface area contributed by atoms with Crippen LogP contribution in [0, 0.1) is 12.7 Å². The number of imidazole rings is 1. The van der Waals surface area contributed by atoms with Gasteiger partial charge in [0.1, 0.15) is 0 Å². The molecule has 0 amide bonds. The molecule has 0 spiro atoms. The van der Waals surface area contributed by atoms with Gasteiger partial charge in [-0.1, -0.05) is 0 Å². The molecule has 5 heterocycles. The normalized spacial score (nSPS) is 16.4. The van der Waals surface area contributed by atoms with E-state index in [1.807, 2.05) is 13.1 Å². The van der Waals surface area contributed by atoms with Crippen LogP contribution in [-0.4, -0.2) is 43.8 Å². The molecule has 6 nitrogen and oxygen atoms in total. The fraction of sp³-hybridized carbons (Fsp3) is 0.350. The summed E-state index contributed by atoms with van der Waals surface area (Å²) in [5.41, 5.74) is 1.92. The number of nitrogens with zero attached hydrogens (tertiary/aromatic N) is 5. The summed E-state index contributed by atoms with van der Waals surface area (Å²) in [5.74, 6) is 0.0410. The van der Waals surface area contributed by atoms with Crippen LogP contribution in [-0.2, 0) is 0 Å². The molecule has 0 aliphatic carbocycles. The molecule has 0 N–H and O–H groups in total. The third-order valence-corrected chi connectivity index (χ3v) is 6.57. The highest BCUT2D eigenvalue weighted by Crippen LogP contribution is 2.32. The van der Waals surface area contributed by atoms with E-state index in [1.165, 1.54) is 17.0 Å². The van der Waals surface area contributed by atoms with E-state index in [0.29, 0.717) is 22.1 Å². The first-order chi connectivity index (χ1) is 13.5. The highest BCUT2D eigenvalue weighted by Gasteiger charge is 2.21. The van der Waals surface area contributed by atoms with Gasteiger partial charge in [-0.25, -0.2) is 14.4 Å². The van der Waals surface area contributed by atoms with Crippen LogP contribution in [0.1, 0.15) is 29.3 Å². The second kappa shape index (κ2) is 6.49. The fourth-order valence-corrected chi connectivity index (χ4v) is 5.03. The zero-order valence-corrected chi connectivity index (χ0v) is 16.5. The number of pyridine rings is 1. The van der Waals surface area contributed by atoms with Crippen LogP contribution in [0.2, 0.25) is 0 Å². The first-order valence-corrected chi connectivity index (χ1v) is 10.2. The van der Waals surface area contributed by atoms with Gasteiger partial charge in [-0.2, -0.15) is 0 Å². The van der Waals surface area contributed by atoms with Gasteiger partial charge in [-0.3, -0.25) is 9.20 Å². The lowest BCUT2D eigenvalue weighted by molar-refractivity contribution is 0.256. The lowest BCUT2D eigenvalue weighted by Gasteiger charge is -2.27. The molecule has 28 heavy (non-hydrogen) atoms. The monoisotopic (exact) mass is 397 g/mol. The predicted octanol–water partition coefficient (Wildman–Crippen LogP) is 3.33. The Labute approximate surface area is 164 Å². The maximum Gasteiger partial charge on any atom is 0.259 e. The maximum atomic E-state index is 14.4. The third kappa shape index (κ3) is 2.93. The van der Waals surface area contributed by atoms with Crippen LogP contribution in [0.3, 0.4) is 0 Å². The summed E-state index contributed by atoms with van der Waals surface area (Å²) in [5, 5.41) is 0. The lowest BCUT2D eigenvalue weighted by atomic mass is 9.96. The van der Waals surface area contributed by atoms with Crippen molar-refractivity contribution < 1.29 is 4.39 Å². The van der Waals surface area contributed by atoms with Gasteiger partial charge in [-0.15, -0.1) is 11.3 Å². The van der Waals surface area contributed by atoms with Crippen molar-refractivity contribution in [2.24, 2.45) is 0 Å². The van der Waals surface area contributed by atoms with Crippen molar-refractivity contribution in [2.45, 2.75) is 25.7 Å². The van der Waals surface area contributed by atoms with E-state index in [-0.39, 0.29) is 11.2 Å². The van der Waals surface area contributed by atoms with Crippen molar-refractivity contribution in [3.63, 3.8) is 0 Å². The summed E-state index contributed by atoms with van der Waals surface area (Å²) in [7, 11) is 2.14. The van der Waals surface area contributed by atoms with E-state index in [1.54, 1.807) is 32.5 Å². The van der Waals surface area contributed by atoms with Crippen LogP contribution in [0.15, 0.2) is 35.5 Å². The average Bonchev–Trinajstić information content (AvgIpc) is 3.26. The largest absolute Gasteiger partial charge is 0.306 e. The minimum Gasteiger partial charge on any atom is -0.306 e. The Morgan fingerprint density at radius 3 is 2.71 bits per heavy atom. The quantitative estimate of drug-likeness (QED) is 0.521. The van der Waals surface area contributed by atoms with Crippen molar-refractivity contribution in [3.05, 3.63) is 57.5 Å². The highest BCUT2D eigenvalue weighted by atomic mass is 32.1. The molecule has 5 rings (SSSR count). The topological polar surface area (TPSA) is 54.9 Å². The summed E-state index contributed by atoms with van der Waals surface area (Å²) in [6, 6.07) is 2.87. The molecule has 0 saturated carbocycles. The van der Waals surface area contributed by atoms with Crippen molar-refractivity contribution in [1.82, 2.24) is 23.7 Å². The van der Waals surface area contributed by atoms with E-state index in [0.717, 1.165) is 31.6 Å². The molecular formula is C20H20FN5OS. The molecule has 144 valence electrons. The number of aryl methyl sites for hydroxylation is 1. The van der Waals surface area contributed by atoms with E-state index in [9.17, 15) is 9.18 Å². The number of rotatable bonds is 2. The standard InChI is InChI=1S/C20H20FN5OS/c1-12-9-25-10-14(7-15(21)19(25)22-12)16-8-18(27)26-11-17(28-20(26)23-16)13-3-5-24(2)6-4-13/h7-11,13H,3-6H2,1-2H3. The Morgan fingerprint density at radius 2 is 1.93 bits per heavy atom. The van der Waals surface area contributed by atoms with Gasteiger partial charge >= 0.3 is 0 Å². The molecule has 1 aliphatic heterocycles. The summed E-state index contributed by atoms with van der Waals surface area (Å²) in [6.07, 6.45) is 7.64. The summed E-state index contributed by atoms with van der Waals surface area (Å²) in [4.78, 5) is 25.7. The molecule has 0 atom stereocenters. The predicted molar refractivity (Wildman–Crippen MR) is 108 cm³/mol. The van der Waals surface area contributed by atoms with Gasteiger partial charge in [-0.05, 0) is 51.9 Å². The molecule has 1 fully saturated rings. The lowest BCUT2D eigenvalue weighted by Crippen LogP contribution is -2.28. The highest BCUT2D eigenvalue weighted by molar-refractivity contribution is 7.17. The van der Waals surface area contributed by atoms with Crippen LogP contribution >= 0.6 is 11.3 Å². The molecule has 1 saturated heterocycles. The van der Waals surface area contributed by atoms with E-state index >= 15 is 0 Å². The van der Waals surface area contributed by atoms with Crippen LogP contribution in [0.4, 0.5) is 4.39 Å². The van der Waals surface area contributed by atoms with Gasteiger partial charge in [0, 0.05) is 35.1 Å². The zero-order chi connectivity index (χ0) is 19.4. The molecule has 0 unspecified atom stereocenters. The number of piperidine rings is 1. The molecule has 8 heteroatoms. The number of hydrogen-bond donors (Lipinski definition) is 0. The van der Waals surface area contributed by atoms with E-state index in [4.69, 9.17) is 0 Å². The first-order valence-electron chi connectivity index (χ1n) is 9.35. The van der Waals surface area contributed by atoms with E-state index < -0.39 is 5.82 Å². The van der Waals surface area contributed by atoms with Gasteiger partial charge in [0.25, 0.3) is 5.56 Å². The van der Waals surface area contributed by atoms with Crippen molar-refractivity contribution in [2.75, 3.05) is 20.1 Å². The Bertz CT molecular complexity index is 1250. The van der Waals surface area contributed by atoms with Crippen molar-refractivity contribution >= 4 is 21.9 Å². The molecule has 1 aliphatic rings. The fourth-order valence-electron chi connectivity index (χ4n) is 3.87. The van der Waals surface area contributed by atoms with Crippen LogP contribution in [0.5, 0.6) is 0 Å². The van der Waals surface area contributed by atoms with Gasteiger partial charge < -0.3 is 9.30 Å². The molecule has 0 aromatic carbocycles. The molecule has 4 aromatic heterocycles. The Hall–Kier alpha value is -2.58.